The van der Waals surface area contributed by atoms with E-state index in [9.17, 15) is 5.11 Å². The van der Waals surface area contributed by atoms with Crippen molar-refractivity contribution in [1.29, 1.82) is 0 Å². The molecule has 0 amide bonds. The number of nitrogens with one attached hydrogen (secondary N) is 1. The molecule has 0 aromatic heterocycles. The molecule has 5 heteroatoms. The van der Waals surface area contributed by atoms with Gasteiger partial charge in [-0.2, -0.15) is 0 Å². The zero-order valence-electron chi connectivity index (χ0n) is 14.5. The fourth-order valence-electron chi connectivity index (χ4n) is 3.70. The summed E-state index contributed by atoms with van der Waals surface area (Å²) in [6, 6.07) is 10.6. The Labute approximate surface area is 149 Å². The quantitative estimate of drug-likeness (QED) is 0.488. The third-order valence-corrected chi connectivity index (χ3v) is 6.41. The number of aliphatic hydroxyl groups is 1. The highest BCUT2D eigenvalue weighted by Gasteiger charge is 2.28. The van der Waals surface area contributed by atoms with E-state index >= 15 is 0 Å². The van der Waals surface area contributed by atoms with Gasteiger partial charge in [-0.1, -0.05) is 24.6 Å². The van der Waals surface area contributed by atoms with E-state index in [2.05, 4.69) is 45.5 Å². The summed E-state index contributed by atoms with van der Waals surface area (Å²) in [4.78, 5) is 8.18. The molecular weight excluding hydrogens is 318 g/mol. The Bertz CT molecular complexity index is 537. The summed E-state index contributed by atoms with van der Waals surface area (Å²) in [6.07, 6.45) is 4.32. The highest BCUT2D eigenvalue weighted by atomic mass is 32.2. The van der Waals surface area contributed by atoms with Crippen molar-refractivity contribution < 1.29 is 5.11 Å². The van der Waals surface area contributed by atoms with E-state index in [1.165, 1.54) is 17.1 Å². The largest absolute Gasteiger partial charge is 0.393 e. The van der Waals surface area contributed by atoms with Gasteiger partial charge in [-0.3, -0.25) is 4.99 Å². The lowest BCUT2D eigenvalue weighted by molar-refractivity contribution is 0.134. The number of aliphatic imine (C=N–C) groups is 1. The van der Waals surface area contributed by atoms with Gasteiger partial charge in [0, 0.05) is 43.2 Å². The van der Waals surface area contributed by atoms with Crippen LogP contribution in [-0.4, -0.2) is 54.5 Å². The first-order valence-electron chi connectivity index (χ1n) is 9.07. The molecule has 1 heterocycles. The average molecular weight is 348 g/mol. The molecule has 2 N–H and O–H groups in total. The van der Waals surface area contributed by atoms with Crippen molar-refractivity contribution >= 4 is 17.7 Å². The molecule has 0 bridgehead atoms. The molecule has 1 aromatic rings. The minimum Gasteiger partial charge on any atom is -0.393 e. The summed E-state index contributed by atoms with van der Waals surface area (Å²) < 4.78 is 0. The van der Waals surface area contributed by atoms with E-state index in [4.69, 9.17) is 0 Å². The van der Waals surface area contributed by atoms with Crippen LogP contribution in [0.15, 0.2) is 40.2 Å². The van der Waals surface area contributed by atoms with E-state index in [1.54, 1.807) is 0 Å². The van der Waals surface area contributed by atoms with E-state index in [0.29, 0.717) is 11.8 Å². The highest BCUT2D eigenvalue weighted by Crippen LogP contribution is 2.27. The predicted molar refractivity (Wildman–Crippen MR) is 102 cm³/mol. The lowest BCUT2D eigenvalue weighted by atomic mass is 10.1. The van der Waals surface area contributed by atoms with Crippen molar-refractivity contribution in [3.8, 4) is 0 Å². The molecule has 4 nitrogen and oxygen atoms in total. The molecule has 3 atom stereocenters. The Balaban J connectivity index is 1.43. The molecule has 1 aliphatic heterocycles. The first kappa shape index (κ1) is 17.6. The van der Waals surface area contributed by atoms with Crippen LogP contribution in [-0.2, 0) is 0 Å². The van der Waals surface area contributed by atoms with E-state index in [1.807, 2.05) is 18.8 Å². The minimum absolute atomic E-state index is 0.135. The van der Waals surface area contributed by atoms with Crippen LogP contribution >= 0.6 is 11.8 Å². The molecule has 2 fully saturated rings. The Kier molecular flexibility index (Phi) is 6.44. The van der Waals surface area contributed by atoms with Crippen LogP contribution in [0.4, 0.5) is 0 Å². The number of hydrogen-bond donors (Lipinski definition) is 2. The van der Waals surface area contributed by atoms with Gasteiger partial charge in [0.15, 0.2) is 5.96 Å². The molecule has 1 saturated heterocycles. The molecule has 0 spiro atoms. The number of likely N-dealkylation sites (tertiary alicyclic amines) is 1. The van der Waals surface area contributed by atoms with E-state index < -0.39 is 0 Å². The molecule has 1 aromatic carbocycles. The lowest BCUT2D eigenvalue weighted by Crippen LogP contribution is -2.43. The first-order valence-corrected chi connectivity index (χ1v) is 10.1. The molecule has 2 aliphatic rings. The number of benzene rings is 1. The SMILES string of the molecule is CN=C(NCC1CCCC1O)N1CCC(CSc2ccccc2)C1. The van der Waals surface area contributed by atoms with Gasteiger partial charge in [0.1, 0.15) is 0 Å². The minimum atomic E-state index is -0.135. The Hall–Kier alpha value is -1.20. The van der Waals surface area contributed by atoms with Gasteiger partial charge >= 0.3 is 0 Å². The predicted octanol–water partition coefficient (Wildman–Crippen LogP) is 2.84. The zero-order valence-corrected chi connectivity index (χ0v) is 15.3. The maximum Gasteiger partial charge on any atom is 0.193 e. The molecule has 3 rings (SSSR count). The number of aliphatic hydroxyl groups excluding tert-OH is 1. The number of hydrogen-bond acceptors (Lipinski definition) is 3. The summed E-state index contributed by atoms with van der Waals surface area (Å²) in [5.41, 5.74) is 0. The van der Waals surface area contributed by atoms with Crippen LogP contribution in [0.3, 0.4) is 0 Å². The standard InChI is InChI=1S/C19H29N3OS/c1-20-19(21-12-16-6-5-9-18(16)23)22-11-10-15(13-22)14-24-17-7-3-2-4-8-17/h2-4,7-8,15-16,18,23H,5-6,9-14H2,1H3,(H,20,21). The molecule has 1 aliphatic carbocycles. The van der Waals surface area contributed by atoms with Crippen molar-refractivity contribution in [2.75, 3.05) is 32.4 Å². The van der Waals surface area contributed by atoms with Crippen molar-refractivity contribution in [3.63, 3.8) is 0 Å². The molecule has 24 heavy (non-hydrogen) atoms. The second-order valence-corrected chi connectivity index (χ2v) is 8.00. The number of guanidine groups is 1. The Morgan fingerprint density at radius 1 is 1.29 bits per heavy atom. The second-order valence-electron chi connectivity index (χ2n) is 6.91. The van der Waals surface area contributed by atoms with E-state index in [-0.39, 0.29) is 6.10 Å². The van der Waals surface area contributed by atoms with Crippen LogP contribution in [0.2, 0.25) is 0 Å². The monoisotopic (exact) mass is 347 g/mol. The van der Waals surface area contributed by atoms with Gasteiger partial charge in [-0.25, -0.2) is 0 Å². The third-order valence-electron chi connectivity index (χ3n) is 5.17. The number of thioether (sulfide) groups is 1. The van der Waals surface area contributed by atoms with Crippen LogP contribution in [0.25, 0.3) is 0 Å². The molecule has 132 valence electrons. The molecule has 0 radical (unpaired) electrons. The van der Waals surface area contributed by atoms with Crippen molar-refractivity contribution in [2.24, 2.45) is 16.8 Å². The molecule has 1 saturated carbocycles. The fourth-order valence-corrected chi connectivity index (χ4v) is 4.75. The van der Waals surface area contributed by atoms with Crippen LogP contribution in [0.1, 0.15) is 25.7 Å². The van der Waals surface area contributed by atoms with Crippen LogP contribution in [0, 0.1) is 11.8 Å². The molecule has 3 unspecified atom stereocenters. The van der Waals surface area contributed by atoms with Crippen molar-refractivity contribution in [2.45, 2.75) is 36.7 Å². The lowest BCUT2D eigenvalue weighted by Gasteiger charge is -2.24. The maximum atomic E-state index is 9.96. The third kappa shape index (κ3) is 4.67. The topological polar surface area (TPSA) is 47.9 Å². The smallest absolute Gasteiger partial charge is 0.193 e. The highest BCUT2D eigenvalue weighted by molar-refractivity contribution is 7.99. The Morgan fingerprint density at radius 2 is 2.12 bits per heavy atom. The van der Waals surface area contributed by atoms with E-state index in [0.717, 1.165) is 44.9 Å². The van der Waals surface area contributed by atoms with Gasteiger partial charge in [0.05, 0.1) is 6.10 Å². The van der Waals surface area contributed by atoms with Crippen LogP contribution < -0.4 is 5.32 Å². The summed E-state index contributed by atoms with van der Waals surface area (Å²) in [5, 5.41) is 13.5. The summed E-state index contributed by atoms with van der Waals surface area (Å²) in [7, 11) is 1.86. The fraction of sp³-hybridized carbons (Fsp3) is 0.632. The average Bonchev–Trinajstić information content (AvgIpc) is 3.24. The van der Waals surface area contributed by atoms with Gasteiger partial charge in [-0.05, 0) is 37.3 Å². The second kappa shape index (κ2) is 8.77. The number of nitrogens with zero attached hydrogens (tertiary/aromatic N) is 2. The van der Waals surface area contributed by atoms with Gasteiger partial charge < -0.3 is 15.3 Å². The normalized spacial score (nSPS) is 27.7. The Morgan fingerprint density at radius 3 is 2.83 bits per heavy atom. The van der Waals surface area contributed by atoms with Crippen LogP contribution in [0.5, 0.6) is 0 Å². The van der Waals surface area contributed by atoms with Gasteiger partial charge in [0.2, 0.25) is 0 Å². The summed E-state index contributed by atoms with van der Waals surface area (Å²) >= 11 is 1.95. The summed E-state index contributed by atoms with van der Waals surface area (Å²) in [5.74, 6) is 3.26. The van der Waals surface area contributed by atoms with Gasteiger partial charge in [0.25, 0.3) is 0 Å². The first-order chi connectivity index (χ1) is 11.8. The maximum absolute atomic E-state index is 9.96. The molecular formula is C19H29N3OS. The van der Waals surface area contributed by atoms with Crippen molar-refractivity contribution in [3.05, 3.63) is 30.3 Å². The zero-order chi connectivity index (χ0) is 16.8. The van der Waals surface area contributed by atoms with Gasteiger partial charge in [-0.15, -0.1) is 11.8 Å². The van der Waals surface area contributed by atoms with Crippen molar-refractivity contribution in [1.82, 2.24) is 10.2 Å². The summed E-state index contributed by atoms with van der Waals surface area (Å²) in [6.45, 7) is 2.99. The number of rotatable bonds is 5.